The third-order valence-electron chi connectivity index (χ3n) is 24.2. The van der Waals surface area contributed by atoms with Gasteiger partial charge in [-0.3, -0.25) is 0 Å². The molecule has 0 saturated carbocycles. The van der Waals surface area contributed by atoms with E-state index >= 15 is 0 Å². The Kier molecular flexibility index (Phi) is 13.2. The summed E-state index contributed by atoms with van der Waals surface area (Å²) in [7, 11) is 0. The van der Waals surface area contributed by atoms with Gasteiger partial charge in [-0.2, -0.15) is 0 Å². The van der Waals surface area contributed by atoms with Crippen LogP contribution in [0.5, 0.6) is 0 Å². The van der Waals surface area contributed by atoms with Crippen LogP contribution in [0, 0.1) is 0 Å². The molecule has 2 heteroatoms. The zero-order valence-corrected chi connectivity index (χ0v) is 59.3. The fourth-order valence-corrected chi connectivity index (χ4v) is 18.5. The van der Waals surface area contributed by atoms with Gasteiger partial charge >= 0.3 is 0 Å². The third kappa shape index (κ3) is 9.23. The number of hydrogen-bond donors (Lipinski definition) is 0. The van der Waals surface area contributed by atoms with Crippen molar-refractivity contribution in [3.8, 4) is 55.6 Å². The van der Waals surface area contributed by atoms with Crippen molar-refractivity contribution in [1.82, 2.24) is 0 Å². The van der Waals surface area contributed by atoms with Crippen LogP contribution in [-0.2, 0) is 27.1 Å². The van der Waals surface area contributed by atoms with E-state index in [-0.39, 0.29) is 27.1 Å². The van der Waals surface area contributed by atoms with Gasteiger partial charge in [-0.25, -0.2) is 0 Å². The van der Waals surface area contributed by atoms with E-state index in [1.54, 1.807) is 0 Å². The van der Waals surface area contributed by atoms with Crippen molar-refractivity contribution in [3.63, 3.8) is 0 Å². The average molecular weight is 1300 g/mol. The van der Waals surface area contributed by atoms with Crippen molar-refractivity contribution in [2.75, 3.05) is 9.80 Å². The summed E-state index contributed by atoms with van der Waals surface area (Å²) < 4.78 is 0. The van der Waals surface area contributed by atoms with Gasteiger partial charge in [0.1, 0.15) is 0 Å². The highest BCUT2D eigenvalue weighted by Crippen LogP contribution is 2.57. The molecule has 2 nitrogen and oxygen atoms in total. The largest absolute Gasteiger partial charge is 0.310 e. The average Bonchev–Trinajstić information content (AvgIpc) is 1.61. The van der Waals surface area contributed by atoms with E-state index in [0.29, 0.717) is 0 Å². The van der Waals surface area contributed by atoms with Crippen molar-refractivity contribution >= 4 is 80.0 Å². The highest BCUT2D eigenvalue weighted by molar-refractivity contribution is 5.96. The quantitative estimate of drug-likeness (QED) is 0.126. The second-order valence-corrected chi connectivity index (χ2v) is 31.8. The molecule has 0 amide bonds. The van der Waals surface area contributed by atoms with Crippen LogP contribution in [0.1, 0.15) is 147 Å². The van der Waals surface area contributed by atoms with Crippen molar-refractivity contribution in [1.29, 1.82) is 0 Å². The molecule has 0 atom stereocenters. The molecule has 5 aliphatic carbocycles. The topological polar surface area (TPSA) is 6.48 Å². The molecule has 0 aliphatic heterocycles. The van der Waals surface area contributed by atoms with Gasteiger partial charge in [0, 0.05) is 61.2 Å². The maximum Gasteiger partial charge on any atom is 0.0468 e. The molecule has 14 aromatic carbocycles. The van der Waals surface area contributed by atoms with E-state index in [4.69, 9.17) is 0 Å². The number of fused-ring (bicyclic) bond motifs is 17. The molecule has 0 N–H and O–H groups in total. The highest BCUT2D eigenvalue weighted by atomic mass is 15.1. The van der Waals surface area contributed by atoms with Crippen LogP contribution in [0.25, 0.3) is 101 Å². The van der Waals surface area contributed by atoms with Crippen molar-refractivity contribution < 1.29 is 0 Å². The van der Waals surface area contributed by atoms with Crippen LogP contribution < -0.4 is 9.80 Å². The van der Waals surface area contributed by atoms with Crippen molar-refractivity contribution in [2.24, 2.45) is 0 Å². The Balaban J connectivity index is 0.576. The summed E-state index contributed by atoms with van der Waals surface area (Å²) in [6.45, 7) is 23.9. The van der Waals surface area contributed by atoms with Crippen LogP contribution in [0.15, 0.2) is 279 Å². The van der Waals surface area contributed by atoms with Gasteiger partial charge in [0.2, 0.25) is 0 Å². The fourth-order valence-electron chi connectivity index (χ4n) is 18.5. The summed E-state index contributed by atoms with van der Waals surface area (Å²) >= 11 is 0. The molecule has 0 aromatic heterocycles. The predicted octanol–water partition coefficient (Wildman–Crippen LogP) is 26.8. The molecular weight excluding hydrogens is 1220 g/mol. The molecule has 0 fully saturated rings. The Morgan fingerprint density at radius 1 is 0.178 bits per heavy atom. The zero-order valence-electron chi connectivity index (χ0n) is 59.3. The van der Waals surface area contributed by atoms with Gasteiger partial charge in [0.25, 0.3) is 0 Å². The predicted molar refractivity (Wildman–Crippen MR) is 429 cm³/mol. The van der Waals surface area contributed by atoms with E-state index in [2.05, 4.69) is 382 Å². The lowest BCUT2D eigenvalue weighted by Crippen LogP contribution is -2.18. The SMILES string of the molecule is CC1(C)c2cc(C=Cc3ccc4c(c3)C(C)(C)c3cc(N(c5ccc6c(c5)C(C)(C)c5ccccc5-6)c5ccc6ccccc6c5)ccc3-4)ccc2-c2ccc(C=Cc3ccc4c(c3)C(C)(C)c3cc(N(c5ccc6c(c5)C(C)(C)c5ccccc5-6)c5ccc6ccccc6c5)ccc3-4)cc21. The number of nitrogens with zero attached hydrogens (tertiary/aromatic N) is 2. The van der Waals surface area contributed by atoms with Crippen molar-refractivity contribution in [3.05, 3.63) is 357 Å². The minimum absolute atomic E-state index is 0.117. The summed E-state index contributed by atoms with van der Waals surface area (Å²) in [6.07, 6.45) is 9.25. The van der Waals surface area contributed by atoms with Gasteiger partial charge in [0.05, 0.1) is 0 Å². The molecule has 0 unspecified atom stereocenters. The number of hydrogen-bond acceptors (Lipinski definition) is 2. The first-order valence-corrected chi connectivity index (χ1v) is 36.1. The maximum absolute atomic E-state index is 2.48. The Bertz CT molecular complexity index is 5590. The monoisotopic (exact) mass is 1300 g/mol. The fraction of sp³-hybridized carbons (Fsp3) is 0.152. The lowest BCUT2D eigenvalue weighted by molar-refractivity contribution is 0.659. The summed E-state index contributed by atoms with van der Waals surface area (Å²) in [5, 5.41) is 4.94. The molecule has 5 aliphatic rings. The summed E-state index contributed by atoms with van der Waals surface area (Å²) in [6, 6.07) is 106. The Labute approximate surface area is 594 Å². The molecule has 0 spiro atoms. The van der Waals surface area contributed by atoms with Crippen LogP contribution >= 0.6 is 0 Å². The summed E-state index contributed by atoms with van der Waals surface area (Å²) in [5.74, 6) is 0. The van der Waals surface area contributed by atoms with Gasteiger partial charge in [-0.1, -0.05) is 300 Å². The van der Waals surface area contributed by atoms with E-state index in [1.165, 1.54) is 166 Å². The first-order chi connectivity index (χ1) is 48.8. The third-order valence-corrected chi connectivity index (χ3v) is 24.2. The minimum Gasteiger partial charge on any atom is -0.310 e. The van der Waals surface area contributed by atoms with Crippen LogP contribution in [0.2, 0.25) is 0 Å². The van der Waals surface area contributed by atoms with Crippen LogP contribution in [-0.4, -0.2) is 0 Å². The van der Waals surface area contributed by atoms with Gasteiger partial charge < -0.3 is 9.80 Å². The Hall–Kier alpha value is -11.3. The van der Waals surface area contributed by atoms with E-state index in [0.717, 1.165) is 22.7 Å². The molecule has 101 heavy (non-hydrogen) atoms. The molecule has 0 radical (unpaired) electrons. The van der Waals surface area contributed by atoms with Crippen molar-refractivity contribution in [2.45, 2.75) is 96.3 Å². The van der Waals surface area contributed by atoms with Crippen LogP contribution in [0.3, 0.4) is 0 Å². The number of anilines is 6. The molecule has 14 aromatic rings. The Morgan fingerprint density at radius 2 is 0.386 bits per heavy atom. The lowest BCUT2D eigenvalue weighted by atomic mass is 9.81. The van der Waals surface area contributed by atoms with E-state index in [1.807, 2.05) is 0 Å². The highest BCUT2D eigenvalue weighted by Gasteiger charge is 2.42. The summed E-state index contributed by atoms with van der Waals surface area (Å²) in [4.78, 5) is 4.96. The van der Waals surface area contributed by atoms with E-state index < -0.39 is 0 Å². The molecule has 0 heterocycles. The lowest BCUT2D eigenvalue weighted by Gasteiger charge is -2.30. The van der Waals surface area contributed by atoms with Crippen LogP contribution in [0.4, 0.5) is 34.1 Å². The summed E-state index contributed by atoms with van der Waals surface area (Å²) in [5.41, 5.74) is 37.8. The maximum atomic E-state index is 2.48. The Morgan fingerprint density at radius 3 is 0.683 bits per heavy atom. The van der Waals surface area contributed by atoms with Gasteiger partial charge in [-0.15, -0.1) is 0 Å². The normalized spacial score (nSPS) is 15.7. The molecule has 19 rings (SSSR count). The molecule has 0 saturated heterocycles. The molecular formula is C99H80N2. The van der Waals surface area contributed by atoms with E-state index in [9.17, 15) is 0 Å². The van der Waals surface area contributed by atoms with Gasteiger partial charge in [-0.05, 0) is 228 Å². The molecule has 486 valence electrons. The standard InChI is InChI=1S/C99H80N2/c1-95(2)85-25-17-15-23-75(85)81-47-39-71(57-91(81)95)100(69-37-35-65-19-11-13-21-67(65)55-69)73-41-49-83-79-45-33-63(53-89(79)98(7,8)93(83)59-73)29-27-61-31-43-77-78-44-32-62(52-88(78)97(5,6)87(77)51-61)28-30-64-34-46-80-84-50-42-74(60-94(84)99(9,10)90(80)54-64)101(70-38-36-66-20-12-14-22-68(66)56-70)72-40-48-82-76-24-16-18-26-86(76)96(3,4)92(82)58-72/h11-60H,1-10H3. The first kappa shape index (κ1) is 60.8. The zero-order chi connectivity index (χ0) is 68.6. The minimum atomic E-state index is -0.227. The van der Waals surface area contributed by atoms with Gasteiger partial charge in [0.15, 0.2) is 0 Å². The molecule has 0 bridgehead atoms. The first-order valence-electron chi connectivity index (χ1n) is 36.1. The number of benzene rings is 14. The number of rotatable bonds is 10. The second-order valence-electron chi connectivity index (χ2n) is 31.8. The smallest absolute Gasteiger partial charge is 0.0468 e. The second kappa shape index (κ2) is 21.8.